The molecule has 112 valence electrons. The largest absolute Gasteiger partial charge is 0.378 e. The second kappa shape index (κ2) is 7.85. The predicted molar refractivity (Wildman–Crippen MR) is 77.7 cm³/mol. The van der Waals surface area contributed by atoms with Crippen LogP contribution in [0, 0.1) is 17.8 Å². The molecular formula is C15H30N2O2. The van der Waals surface area contributed by atoms with Crippen LogP contribution in [-0.4, -0.2) is 31.2 Å². The molecule has 3 atom stereocenters. The fourth-order valence-electron chi connectivity index (χ4n) is 2.80. The van der Waals surface area contributed by atoms with Crippen molar-refractivity contribution in [3.8, 4) is 0 Å². The summed E-state index contributed by atoms with van der Waals surface area (Å²) in [4.78, 5) is 11.9. The highest BCUT2D eigenvalue weighted by Gasteiger charge is 2.29. The Labute approximate surface area is 117 Å². The SMILES string of the molecule is CC(C)C[C@H](N)C(=O)NCC1CCCOC1C(C)C. The summed E-state index contributed by atoms with van der Waals surface area (Å²) >= 11 is 0. The Bertz CT molecular complexity index is 279. The van der Waals surface area contributed by atoms with Crippen molar-refractivity contribution < 1.29 is 9.53 Å². The van der Waals surface area contributed by atoms with Gasteiger partial charge >= 0.3 is 0 Å². The van der Waals surface area contributed by atoms with Gasteiger partial charge in [-0.1, -0.05) is 27.7 Å². The Kier molecular flexibility index (Phi) is 6.80. The van der Waals surface area contributed by atoms with Gasteiger partial charge in [0.15, 0.2) is 0 Å². The zero-order valence-corrected chi connectivity index (χ0v) is 12.8. The van der Waals surface area contributed by atoms with Crippen molar-refractivity contribution in [2.45, 2.75) is 59.1 Å². The fourth-order valence-corrected chi connectivity index (χ4v) is 2.80. The molecule has 1 aliphatic heterocycles. The average Bonchev–Trinajstić information content (AvgIpc) is 2.35. The maximum atomic E-state index is 11.9. The van der Waals surface area contributed by atoms with Gasteiger partial charge in [0.05, 0.1) is 12.1 Å². The van der Waals surface area contributed by atoms with Gasteiger partial charge in [-0.2, -0.15) is 0 Å². The molecule has 1 fully saturated rings. The number of nitrogens with two attached hydrogens (primary N) is 1. The summed E-state index contributed by atoms with van der Waals surface area (Å²) in [6.45, 7) is 10.0. The quantitative estimate of drug-likeness (QED) is 0.775. The van der Waals surface area contributed by atoms with Gasteiger partial charge in [-0.25, -0.2) is 0 Å². The zero-order valence-electron chi connectivity index (χ0n) is 12.8. The van der Waals surface area contributed by atoms with Crippen LogP contribution >= 0.6 is 0 Å². The molecule has 1 rings (SSSR count). The Morgan fingerprint density at radius 3 is 2.63 bits per heavy atom. The van der Waals surface area contributed by atoms with E-state index in [0.717, 1.165) is 25.9 Å². The molecule has 4 nitrogen and oxygen atoms in total. The third-order valence-corrected chi connectivity index (χ3v) is 3.75. The molecule has 0 aromatic heterocycles. The Hall–Kier alpha value is -0.610. The van der Waals surface area contributed by atoms with Gasteiger partial charge in [0.1, 0.15) is 0 Å². The maximum absolute atomic E-state index is 11.9. The smallest absolute Gasteiger partial charge is 0.236 e. The third kappa shape index (κ3) is 5.49. The van der Waals surface area contributed by atoms with E-state index in [2.05, 4.69) is 33.0 Å². The normalized spacial score (nSPS) is 25.6. The van der Waals surface area contributed by atoms with Gasteiger partial charge in [-0.05, 0) is 31.1 Å². The Morgan fingerprint density at radius 2 is 2.05 bits per heavy atom. The van der Waals surface area contributed by atoms with E-state index in [0.29, 0.717) is 24.3 Å². The molecule has 0 aromatic carbocycles. The number of amides is 1. The van der Waals surface area contributed by atoms with Crippen LogP contribution in [-0.2, 0) is 9.53 Å². The van der Waals surface area contributed by atoms with Crippen molar-refractivity contribution >= 4 is 5.91 Å². The first-order valence-corrected chi connectivity index (χ1v) is 7.56. The van der Waals surface area contributed by atoms with Crippen molar-refractivity contribution in [1.82, 2.24) is 5.32 Å². The number of rotatable bonds is 6. The maximum Gasteiger partial charge on any atom is 0.236 e. The highest BCUT2D eigenvalue weighted by atomic mass is 16.5. The minimum atomic E-state index is -0.387. The molecular weight excluding hydrogens is 240 g/mol. The lowest BCUT2D eigenvalue weighted by molar-refractivity contribution is -0.123. The van der Waals surface area contributed by atoms with Crippen LogP contribution in [0.4, 0.5) is 0 Å². The van der Waals surface area contributed by atoms with Gasteiger partial charge in [-0.3, -0.25) is 4.79 Å². The minimum Gasteiger partial charge on any atom is -0.378 e. The standard InChI is InChI=1S/C15H30N2O2/c1-10(2)8-13(16)15(18)17-9-12-6-5-7-19-14(12)11(3)4/h10-14H,5-9,16H2,1-4H3,(H,17,18)/t12?,13-,14?/m0/s1. The summed E-state index contributed by atoms with van der Waals surface area (Å²) in [7, 11) is 0. The van der Waals surface area contributed by atoms with E-state index in [1.165, 1.54) is 0 Å². The molecule has 3 N–H and O–H groups in total. The number of ether oxygens (including phenoxy) is 1. The second-order valence-electron chi connectivity index (χ2n) is 6.46. The number of hydrogen-bond acceptors (Lipinski definition) is 3. The molecule has 1 aliphatic rings. The molecule has 0 aromatic rings. The monoisotopic (exact) mass is 270 g/mol. The summed E-state index contributed by atoms with van der Waals surface area (Å²) in [5.74, 6) is 1.33. The van der Waals surface area contributed by atoms with Gasteiger partial charge < -0.3 is 15.8 Å². The lowest BCUT2D eigenvalue weighted by Crippen LogP contribution is -2.46. The van der Waals surface area contributed by atoms with E-state index in [4.69, 9.17) is 10.5 Å². The summed E-state index contributed by atoms with van der Waals surface area (Å²) in [5.41, 5.74) is 5.88. The van der Waals surface area contributed by atoms with Gasteiger partial charge in [-0.15, -0.1) is 0 Å². The van der Waals surface area contributed by atoms with Crippen LogP contribution in [0.5, 0.6) is 0 Å². The molecule has 19 heavy (non-hydrogen) atoms. The van der Waals surface area contributed by atoms with Gasteiger partial charge in [0.2, 0.25) is 5.91 Å². The summed E-state index contributed by atoms with van der Waals surface area (Å²) in [6.07, 6.45) is 3.21. The summed E-state index contributed by atoms with van der Waals surface area (Å²) in [6, 6.07) is -0.387. The number of hydrogen-bond donors (Lipinski definition) is 2. The minimum absolute atomic E-state index is 0.0261. The van der Waals surface area contributed by atoms with Crippen LogP contribution in [0.3, 0.4) is 0 Å². The van der Waals surface area contributed by atoms with E-state index in [1.807, 2.05) is 0 Å². The highest BCUT2D eigenvalue weighted by Crippen LogP contribution is 2.25. The van der Waals surface area contributed by atoms with Gasteiger partial charge in [0.25, 0.3) is 0 Å². The topological polar surface area (TPSA) is 64.4 Å². The number of carbonyl (C=O) groups is 1. The molecule has 4 heteroatoms. The number of nitrogens with one attached hydrogen (secondary N) is 1. The Balaban J connectivity index is 2.39. The molecule has 1 saturated heterocycles. The average molecular weight is 270 g/mol. The molecule has 0 bridgehead atoms. The Morgan fingerprint density at radius 1 is 1.37 bits per heavy atom. The lowest BCUT2D eigenvalue weighted by Gasteiger charge is -2.34. The van der Waals surface area contributed by atoms with E-state index < -0.39 is 0 Å². The summed E-state index contributed by atoms with van der Waals surface area (Å²) in [5, 5.41) is 3.00. The zero-order chi connectivity index (χ0) is 14.4. The first-order valence-electron chi connectivity index (χ1n) is 7.56. The van der Waals surface area contributed by atoms with Crippen LogP contribution < -0.4 is 11.1 Å². The lowest BCUT2D eigenvalue weighted by atomic mass is 9.87. The molecule has 0 aliphatic carbocycles. The summed E-state index contributed by atoms with van der Waals surface area (Å²) < 4.78 is 5.83. The van der Waals surface area contributed by atoms with E-state index in [-0.39, 0.29) is 18.1 Å². The van der Waals surface area contributed by atoms with E-state index in [1.54, 1.807) is 0 Å². The molecule has 0 spiro atoms. The van der Waals surface area contributed by atoms with Crippen LogP contribution in [0.2, 0.25) is 0 Å². The van der Waals surface area contributed by atoms with Gasteiger partial charge in [0, 0.05) is 19.1 Å². The predicted octanol–water partition coefficient (Wildman–Crippen LogP) is 1.93. The van der Waals surface area contributed by atoms with Crippen LogP contribution in [0.25, 0.3) is 0 Å². The van der Waals surface area contributed by atoms with Crippen molar-refractivity contribution in [3.63, 3.8) is 0 Å². The van der Waals surface area contributed by atoms with Crippen LogP contribution in [0.15, 0.2) is 0 Å². The van der Waals surface area contributed by atoms with Crippen molar-refractivity contribution in [2.24, 2.45) is 23.5 Å². The van der Waals surface area contributed by atoms with E-state index in [9.17, 15) is 4.79 Å². The number of carbonyl (C=O) groups excluding carboxylic acids is 1. The van der Waals surface area contributed by atoms with E-state index >= 15 is 0 Å². The highest BCUT2D eigenvalue weighted by molar-refractivity contribution is 5.81. The van der Waals surface area contributed by atoms with Crippen LogP contribution in [0.1, 0.15) is 47.0 Å². The van der Waals surface area contributed by atoms with Crippen molar-refractivity contribution in [3.05, 3.63) is 0 Å². The molecule has 2 unspecified atom stereocenters. The molecule has 1 amide bonds. The first kappa shape index (κ1) is 16.4. The molecule has 0 radical (unpaired) electrons. The molecule has 0 saturated carbocycles. The third-order valence-electron chi connectivity index (χ3n) is 3.75. The van der Waals surface area contributed by atoms with Crippen molar-refractivity contribution in [1.29, 1.82) is 0 Å². The van der Waals surface area contributed by atoms with Crippen molar-refractivity contribution in [2.75, 3.05) is 13.2 Å². The first-order chi connectivity index (χ1) is 8.91. The fraction of sp³-hybridized carbons (Fsp3) is 0.933. The second-order valence-corrected chi connectivity index (χ2v) is 6.46. The molecule has 1 heterocycles.